The summed E-state index contributed by atoms with van der Waals surface area (Å²) in [5.74, 6) is 1.77. The maximum Gasteiger partial charge on any atom is 0.242 e. The Hall–Kier alpha value is -2.47. The zero-order chi connectivity index (χ0) is 22.6. The summed E-state index contributed by atoms with van der Waals surface area (Å²) < 4.78 is 5.23. The first kappa shape index (κ1) is 24.8. The predicted molar refractivity (Wildman–Crippen MR) is 128 cm³/mol. The highest BCUT2D eigenvalue weighted by Crippen LogP contribution is 2.20. The van der Waals surface area contributed by atoms with Gasteiger partial charge in [-0.3, -0.25) is 9.59 Å². The van der Waals surface area contributed by atoms with E-state index in [2.05, 4.69) is 24.4 Å². The third-order valence-electron chi connectivity index (χ3n) is 5.19. The largest absolute Gasteiger partial charge is 0.497 e. The summed E-state index contributed by atoms with van der Waals surface area (Å²) in [6, 6.07) is 15.4. The Kier molecular flexibility index (Phi) is 10.4. The maximum atomic E-state index is 13.2. The molecule has 2 aromatic rings. The number of nitrogens with one attached hydrogen (secondary N) is 1. The van der Waals surface area contributed by atoms with Gasteiger partial charge in [-0.25, -0.2) is 0 Å². The number of carbonyl (C=O) groups is 2. The molecule has 168 valence electrons. The maximum absolute atomic E-state index is 13.2. The lowest BCUT2D eigenvalue weighted by Crippen LogP contribution is -2.49. The van der Waals surface area contributed by atoms with Gasteiger partial charge in [0.2, 0.25) is 11.8 Å². The van der Waals surface area contributed by atoms with E-state index in [-0.39, 0.29) is 11.8 Å². The molecule has 0 unspecified atom stereocenters. The number of hydrogen-bond donors (Lipinski definition) is 1. The second-order valence-corrected chi connectivity index (χ2v) is 8.49. The van der Waals surface area contributed by atoms with Gasteiger partial charge in [0.05, 0.1) is 12.9 Å². The van der Waals surface area contributed by atoms with Gasteiger partial charge in [-0.15, -0.1) is 11.8 Å². The molecule has 0 bridgehead atoms. The van der Waals surface area contributed by atoms with Gasteiger partial charge in [0, 0.05) is 18.8 Å². The topological polar surface area (TPSA) is 58.6 Å². The Morgan fingerprint density at radius 2 is 1.81 bits per heavy atom. The summed E-state index contributed by atoms with van der Waals surface area (Å²) >= 11 is 1.59. The second kappa shape index (κ2) is 13.1. The molecule has 5 nitrogen and oxygen atoms in total. The third kappa shape index (κ3) is 7.62. The summed E-state index contributed by atoms with van der Waals surface area (Å²) in [7, 11) is 1.63. The smallest absolute Gasteiger partial charge is 0.242 e. The molecule has 0 saturated heterocycles. The molecule has 0 aliphatic heterocycles. The van der Waals surface area contributed by atoms with Gasteiger partial charge >= 0.3 is 0 Å². The van der Waals surface area contributed by atoms with Crippen LogP contribution in [0.4, 0.5) is 0 Å². The lowest BCUT2D eigenvalue weighted by molar-refractivity contribution is -0.139. The van der Waals surface area contributed by atoms with Crippen LogP contribution < -0.4 is 10.1 Å². The van der Waals surface area contributed by atoms with Crippen molar-refractivity contribution in [1.82, 2.24) is 10.2 Å². The standard InChI is InChI=1S/C25H34N2O3S/c1-5-15-26-25(29)23(6-2)27(16-20-11-13-22(30-4)14-12-20)24(28)18-31-17-21-10-8-7-9-19(21)3/h7-14,23H,5-6,15-18H2,1-4H3,(H,26,29)/t23-/m0/s1. The Morgan fingerprint density at radius 3 is 2.42 bits per heavy atom. The fourth-order valence-corrected chi connectivity index (χ4v) is 4.30. The average molecular weight is 443 g/mol. The minimum atomic E-state index is -0.486. The van der Waals surface area contributed by atoms with Crippen molar-refractivity contribution in [2.24, 2.45) is 0 Å². The molecule has 1 N–H and O–H groups in total. The highest BCUT2D eigenvalue weighted by Gasteiger charge is 2.28. The SMILES string of the molecule is CCCNC(=O)[C@H](CC)N(Cc1ccc(OC)cc1)C(=O)CSCc1ccccc1C. The van der Waals surface area contributed by atoms with Crippen LogP contribution in [-0.4, -0.2) is 42.2 Å². The average Bonchev–Trinajstić information content (AvgIpc) is 2.79. The Morgan fingerprint density at radius 1 is 1.10 bits per heavy atom. The van der Waals surface area contributed by atoms with E-state index in [1.165, 1.54) is 11.1 Å². The van der Waals surface area contributed by atoms with Crippen molar-refractivity contribution in [3.05, 3.63) is 65.2 Å². The molecule has 0 fully saturated rings. The molecule has 0 spiro atoms. The van der Waals surface area contributed by atoms with Crippen molar-refractivity contribution in [2.45, 2.75) is 52.0 Å². The van der Waals surface area contributed by atoms with E-state index in [0.29, 0.717) is 25.3 Å². The number of ether oxygens (including phenoxy) is 1. The van der Waals surface area contributed by atoms with E-state index in [1.54, 1.807) is 23.8 Å². The van der Waals surface area contributed by atoms with Gasteiger partial charge < -0.3 is 15.0 Å². The van der Waals surface area contributed by atoms with Crippen molar-refractivity contribution in [1.29, 1.82) is 0 Å². The van der Waals surface area contributed by atoms with E-state index in [1.807, 2.05) is 50.2 Å². The zero-order valence-corrected chi connectivity index (χ0v) is 19.8. The van der Waals surface area contributed by atoms with E-state index < -0.39 is 6.04 Å². The molecule has 0 radical (unpaired) electrons. The third-order valence-corrected chi connectivity index (χ3v) is 6.16. The van der Waals surface area contributed by atoms with Crippen LogP contribution >= 0.6 is 11.8 Å². The minimum absolute atomic E-state index is 0.0205. The van der Waals surface area contributed by atoms with Gasteiger partial charge in [0.1, 0.15) is 11.8 Å². The van der Waals surface area contributed by atoms with Crippen molar-refractivity contribution in [3.63, 3.8) is 0 Å². The summed E-state index contributed by atoms with van der Waals surface area (Å²) in [6.07, 6.45) is 1.43. The monoisotopic (exact) mass is 442 g/mol. The zero-order valence-electron chi connectivity index (χ0n) is 19.0. The Labute approximate surface area is 190 Å². The number of nitrogens with zero attached hydrogens (tertiary/aromatic N) is 1. The number of methoxy groups -OCH3 is 1. The van der Waals surface area contributed by atoms with Crippen molar-refractivity contribution in [3.8, 4) is 5.75 Å². The van der Waals surface area contributed by atoms with E-state index >= 15 is 0 Å². The van der Waals surface area contributed by atoms with Crippen LogP contribution in [0.25, 0.3) is 0 Å². The molecular weight excluding hydrogens is 408 g/mol. The molecule has 0 heterocycles. The molecule has 2 aromatic carbocycles. The van der Waals surface area contributed by atoms with Gasteiger partial charge in [-0.1, -0.05) is 50.2 Å². The van der Waals surface area contributed by atoms with Crippen LogP contribution in [-0.2, 0) is 21.9 Å². The number of thioether (sulfide) groups is 1. The van der Waals surface area contributed by atoms with Gasteiger partial charge in [0.15, 0.2) is 0 Å². The van der Waals surface area contributed by atoms with Crippen molar-refractivity contribution < 1.29 is 14.3 Å². The quantitative estimate of drug-likeness (QED) is 0.523. The second-order valence-electron chi connectivity index (χ2n) is 7.50. The van der Waals surface area contributed by atoms with Gasteiger partial charge in [-0.05, 0) is 48.6 Å². The van der Waals surface area contributed by atoms with Crippen LogP contribution in [0.5, 0.6) is 5.75 Å². The van der Waals surface area contributed by atoms with Crippen LogP contribution in [0, 0.1) is 6.92 Å². The molecule has 6 heteroatoms. The van der Waals surface area contributed by atoms with Gasteiger partial charge in [0.25, 0.3) is 0 Å². The number of aryl methyl sites for hydroxylation is 1. The molecule has 0 aromatic heterocycles. The summed E-state index contributed by atoms with van der Waals surface area (Å²) in [5.41, 5.74) is 3.43. The van der Waals surface area contributed by atoms with E-state index in [9.17, 15) is 9.59 Å². The van der Waals surface area contributed by atoms with Crippen molar-refractivity contribution >= 4 is 23.6 Å². The number of hydrogen-bond acceptors (Lipinski definition) is 4. The van der Waals surface area contributed by atoms with E-state index in [0.717, 1.165) is 23.5 Å². The lowest BCUT2D eigenvalue weighted by Gasteiger charge is -2.30. The van der Waals surface area contributed by atoms with Crippen LogP contribution in [0.3, 0.4) is 0 Å². The molecule has 0 saturated carbocycles. The Bertz CT molecular complexity index is 839. The first-order chi connectivity index (χ1) is 15.0. The highest BCUT2D eigenvalue weighted by atomic mass is 32.2. The number of carbonyl (C=O) groups excluding carboxylic acids is 2. The summed E-state index contributed by atoms with van der Waals surface area (Å²) in [5, 5.41) is 2.95. The normalized spacial score (nSPS) is 11.6. The highest BCUT2D eigenvalue weighted by molar-refractivity contribution is 7.99. The van der Waals surface area contributed by atoms with Gasteiger partial charge in [-0.2, -0.15) is 0 Å². The minimum Gasteiger partial charge on any atom is -0.497 e. The number of amides is 2. The van der Waals surface area contributed by atoms with Crippen LogP contribution in [0.15, 0.2) is 48.5 Å². The summed E-state index contributed by atoms with van der Waals surface area (Å²) in [4.78, 5) is 27.7. The summed E-state index contributed by atoms with van der Waals surface area (Å²) in [6.45, 7) is 7.06. The lowest BCUT2D eigenvalue weighted by atomic mass is 10.1. The van der Waals surface area contributed by atoms with Crippen LogP contribution in [0.2, 0.25) is 0 Å². The molecular formula is C25H34N2O3S. The fourth-order valence-electron chi connectivity index (χ4n) is 3.32. The first-order valence-corrected chi connectivity index (χ1v) is 12.0. The Balaban J connectivity index is 2.12. The van der Waals surface area contributed by atoms with Crippen molar-refractivity contribution in [2.75, 3.05) is 19.4 Å². The molecule has 0 aliphatic carbocycles. The molecule has 0 aliphatic rings. The van der Waals surface area contributed by atoms with E-state index in [4.69, 9.17) is 4.74 Å². The number of benzene rings is 2. The molecule has 2 rings (SSSR count). The fraction of sp³-hybridized carbons (Fsp3) is 0.440. The predicted octanol–water partition coefficient (Wildman–Crippen LogP) is 4.57. The molecule has 2 amide bonds. The molecule has 31 heavy (non-hydrogen) atoms. The van der Waals surface area contributed by atoms with Crippen LogP contribution in [0.1, 0.15) is 43.4 Å². The number of rotatable bonds is 12. The first-order valence-electron chi connectivity index (χ1n) is 10.8. The molecule has 1 atom stereocenters.